The molecule has 2 rings (SSSR count). The predicted molar refractivity (Wildman–Crippen MR) is 106 cm³/mol. The monoisotopic (exact) mass is 431 g/mol. The van der Waals surface area contributed by atoms with Gasteiger partial charge in [0.2, 0.25) is 0 Å². The van der Waals surface area contributed by atoms with Gasteiger partial charge in [-0.15, -0.1) is 0 Å². The lowest BCUT2D eigenvalue weighted by Gasteiger charge is -2.10. The lowest BCUT2D eigenvalue weighted by molar-refractivity contribution is -0.112. The van der Waals surface area contributed by atoms with Crippen molar-refractivity contribution in [3.05, 3.63) is 68.4 Å². The molecular formula is C19H18IN3O. The molecule has 0 aliphatic rings. The van der Waals surface area contributed by atoms with E-state index in [2.05, 4.69) is 33.2 Å². The number of aryl methyl sites for hydroxylation is 2. The topological polar surface area (TPSA) is 64.9 Å². The third-order valence-electron chi connectivity index (χ3n) is 3.78. The summed E-state index contributed by atoms with van der Waals surface area (Å²) < 4.78 is 1.09. The summed E-state index contributed by atoms with van der Waals surface area (Å²) in [4.78, 5) is 12.3. The minimum absolute atomic E-state index is 0.0221. The van der Waals surface area contributed by atoms with Crippen LogP contribution in [0.3, 0.4) is 0 Å². The number of rotatable bonds is 4. The lowest BCUT2D eigenvalue weighted by Crippen LogP contribution is -2.15. The Morgan fingerprint density at radius 1 is 1.12 bits per heavy atom. The van der Waals surface area contributed by atoms with Crippen molar-refractivity contribution in [1.82, 2.24) is 0 Å². The quantitative estimate of drug-likeness (QED) is 0.420. The van der Waals surface area contributed by atoms with Gasteiger partial charge in [-0.05, 0) is 84.3 Å². The Morgan fingerprint density at radius 3 is 2.54 bits per heavy atom. The molecule has 0 atom stereocenters. The Bertz CT molecular complexity index is 850. The van der Waals surface area contributed by atoms with Crippen LogP contribution in [0.25, 0.3) is 0 Å². The van der Waals surface area contributed by atoms with Crippen molar-refractivity contribution in [3.63, 3.8) is 0 Å². The number of amides is 1. The van der Waals surface area contributed by atoms with Crippen LogP contribution in [0.4, 0.5) is 11.4 Å². The molecule has 0 aliphatic heterocycles. The summed E-state index contributed by atoms with van der Waals surface area (Å²) in [6.45, 7) is 5.93. The highest BCUT2D eigenvalue weighted by Gasteiger charge is 2.11. The Labute approximate surface area is 155 Å². The van der Waals surface area contributed by atoms with Gasteiger partial charge in [0, 0.05) is 21.1 Å². The van der Waals surface area contributed by atoms with E-state index in [1.807, 2.05) is 63.2 Å². The molecule has 0 saturated heterocycles. The fourth-order valence-electron chi connectivity index (χ4n) is 2.16. The second-order valence-corrected chi connectivity index (χ2v) is 6.72. The SMILES string of the molecule is Cc1cc(I)ccc1NC(=O)/C(C#N)=C\Nc1cccc(C)c1C. The summed E-state index contributed by atoms with van der Waals surface area (Å²) in [6, 6.07) is 13.5. The van der Waals surface area contributed by atoms with E-state index in [4.69, 9.17) is 0 Å². The number of hydrogen-bond acceptors (Lipinski definition) is 3. The number of carbonyl (C=O) groups is 1. The number of halogens is 1. The number of benzene rings is 2. The van der Waals surface area contributed by atoms with Crippen molar-refractivity contribution in [2.24, 2.45) is 0 Å². The highest BCUT2D eigenvalue weighted by atomic mass is 127. The van der Waals surface area contributed by atoms with E-state index in [9.17, 15) is 10.1 Å². The zero-order chi connectivity index (χ0) is 17.7. The first-order chi connectivity index (χ1) is 11.4. The van der Waals surface area contributed by atoms with E-state index in [0.717, 1.165) is 25.9 Å². The molecule has 2 N–H and O–H groups in total. The molecule has 122 valence electrons. The van der Waals surface area contributed by atoms with Crippen LogP contribution in [0.2, 0.25) is 0 Å². The maximum Gasteiger partial charge on any atom is 0.267 e. The van der Waals surface area contributed by atoms with Gasteiger partial charge in [-0.1, -0.05) is 12.1 Å². The average Bonchev–Trinajstić information content (AvgIpc) is 2.54. The van der Waals surface area contributed by atoms with Crippen molar-refractivity contribution >= 4 is 39.9 Å². The van der Waals surface area contributed by atoms with Crippen molar-refractivity contribution < 1.29 is 4.79 Å². The van der Waals surface area contributed by atoms with Crippen LogP contribution in [-0.2, 0) is 4.79 Å². The van der Waals surface area contributed by atoms with Crippen LogP contribution in [0.1, 0.15) is 16.7 Å². The number of nitrogens with zero attached hydrogens (tertiary/aromatic N) is 1. The molecule has 0 radical (unpaired) electrons. The first-order valence-electron chi connectivity index (χ1n) is 7.43. The molecule has 0 fully saturated rings. The minimum atomic E-state index is -0.431. The molecular weight excluding hydrogens is 413 g/mol. The van der Waals surface area contributed by atoms with E-state index < -0.39 is 5.91 Å². The first kappa shape index (κ1) is 18.0. The third-order valence-corrected chi connectivity index (χ3v) is 4.45. The van der Waals surface area contributed by atoms with Gasteiger partial charge < -0.3 is 10.6 Å². The molecule has 0 saturated carbocycles. The summed E-state index contributed by atoms with van der Waals surface area (Å²) in [5.74, 6) is -0.431. The highest BCUT2D eigenvalue weighted by Crippen LogP contribution is 2.20. The van der Waals surface area contributed by atoms with Crippen LogP contribution < -0.4 is 10.6 Å². The van der Waals surface area contributed by atoms with Crippen LogP contribution in [-0.4, -0.2) is 5.91 Å². The molecule has 24 heavy (non-hydrogen) atoms. The fraction of sp³-hybridized carbons (Fsp3) is 0.158. The molecule has 1 amide bonds. The standard InChI is InChI=1S/C19H18IN3O/c1-12-5-4-6-18(14(12)3)22-11-15(10-21)19(24)23-17-8-7-16(20)9-13(17)2/h4-9,11,22H,1-3H3,(H,23,24)/b15-11-. The minimum Gasteiger partial charge on any atom is -0.360 e. The average molecular weight is 431 g/mol. The summed E-state index contributed by atoms with van der Waals surface area (Å²) in [5.41, 5.74) is 4.78. The summed E-state index contributed by atoms with van der Waals surface area (Å²) in [6.07, 6.45) is 1.44. The molecule has 0 unspecified atom stereocenters. The Balaban J connectivity index is 2.17. The van der Waals surface area contributed by atoms with Crippen LogP contribution >= 0.6 is 22.6 Å². The van der Waals surface area contributed by atoms with E-state index in [0.29, 0.717) is 5.69 Å². The molecule has 5 heteroatoms. The molecule has 0 spiro atoms. The smallest absolute Gasteiger partial charge is 0.267 e. The molecule has 2 aromatic carbocycles. The van der Waals surface area contributed by atoms with Gasteiger partial charge in [0.25, 0.3) is 5.91 Å². The third kappa shape index (κ3) is 4.36. The highest BCUT2D eigenvalue weighted by molar-refractivity contribution is 14.1. The zero-order valence-electron chi connectivity index (χ0n) is 13.8. The van der Waals surface area contributed by atoms with E-state index in [1.54, 1.807) is 0 Å². The molecule has 0 heterocycles. The van der Waals surface area contributed by atoms with Crippen molar-refractivity contribution in [2.45, 2.75) is 20.8 Å². The Morgan fingerprint density at radius 2 is 1.88 bits per heavy atom. The van der Waals surface area contributed by atoms with Gasteiger partial charge in [-0.25, -0.2) is 0 Å². The summed E-state index contributed by atoms with van der Waals surface area (Å²) in [7, 11) is 0. The number of hydrogen-bond donors (Lipinski definition) is 2. The summed E-state index contributed by atoms with van der Waals surface area (Å²) in [5, 5.41) is 15.1. The fourth-order valence-corrected chi connectivity index (χ4v) is 2.81. The molecule has 0 bridgehead atoms. The Kier molecular flexibility index (Phi) is 5.99. The maximum atomic E-state index is 12.3. The number of anilines is 2. The molecule has 2 aromatic rings. The van der Waals surface area contributed by atoms with Crippen LogP contribution in [0, 0.1) is 35.7 Å². The van der Waals surface area contributed by atoms with E-state index >= 15 is 0 Å². The number of nitrogens with one attached hydrogen (secondary N) is 2. The van der Waals surface area contributed by atoms with Crippen molar-refractivity contribution in [3.8, 4) is 6.07 Å². The zero-order valence-corrected chi connectivity index (χ0v) is 15.9. The van der Waals surface area contributed by atoms with E-state index in [1.165, 1.54) is 6.20 Å². The van der Waals surface area contributed by atoms with Gasteiger partial charge >= 0.3 is 0 Å². The van der Waals surface area contributed by atoms with Gasteiger partial charge in [0.1, 0.15) is 11.6 Å². The molecule has 4 nitrogen and oxygen atoms in total. The van der Waals surface area contributed by atoms with Crippen molar-refractivity contribution in [1.29, 1.82) is 5.26 Å². The Hall–Kier alpha value is -2.33. The molecule has 0 aliphatic carbocycles. The number of nitriles is 1. The van der Waals surface area contributed by atoms with Crippen LogP contribution in [0.5, 0.6) is 0 Å². The molecule has 0 aromatic heterocycles. The first-order valence-corrected chi connectivity index (χ1v) is 8.50. The largest absolute Gasteiger partial charge is 0.360 e. The maximum absolute atomic E-state index is 12.3. The second kappa shape index (κ2) is 7.97. The van der Waals surface area contributed by atoms with E-state index in [-0.39, 0.29) is 5.57 Å². The van der Waals surface area contributed by atoms with Gasteiger partial charge in [0.15, 0.2) is 0 Å². The van der Waals surface area contributed by atoms with Gasteiger partial charge in [0.05, 0.1) is 0 Å². The van der Waals surface area contributed by atoms with Crippen LogP contribution in [0.15, 0.2) is 48.2 Å². The predicted octanol–water partition coefficient (Wildman–Crippen LogP) is 4.67. The normalized spacial score (nSPS) is 10.9. The number of carbonyl (C=O) groups excluding carboxylic acids is 1. The summed E-state index contributed by atoms with van der Waals surface area (Å²) >= 11 is 2.22. The van der Waals surface area contributed by atoms with Crippen molar-refractivity contribution in [2.75, 3.05) is 10.6 Å². The van der Waals surface area contributed by atoms with Gasteiger partial charge in [-0.3, -0.25) is 4.79 Å². The lowest BCUT2D eigenvalue weighted by atomic mass is 10.1. The second-order valence-electron chi connectivity index (χ2n) is 5.47. The van der Waals surface area contributed by atoms with Gasteiger partial charge in [-0.2, -0.15) is 5.26 Å².